The van der Waals surface area contributed by atoms with E-state index in [-0.39, 0.29) is 0 Å². The summed E-state index contributed by atoms with van der Waals surface area (Å²) in [7, 11) is 0. The molecule has 0 spiro atoms. The number of nitrogens with zero attached hydrogens (tertiary/aromatic N) is 1. The fourth-order valence-electron chi connectivity index (χ4n) is 0.728. The van der Waals surface area contributed by atoms with Crippen LogP contribution in [0.25, 0.3) is 0 Å². The minimum absolute atomic E-state index is 1.11. The predicted molar refractivity (Wildman–Crippen MR) is 52.0 cm³/mol. The molecule has 0 aliphatic rings. The molecule has 0 saturated heterocycles. The lowest BCUT2D eigenvalue weighted by molar-refractivity contribution is 0.833. The topological polar surface area (TPSA) is 12.4 Å². The maximum absolute atomic E-state index is 4.22. The van der Waals surface area contributed by atoms with Gasteiger partial charge in [0.25, 0.3) is 0 Å². The number of aliphatic imine (C=N–C) groups is 1. The van der Waals surface area contributed by atoms with Crippen molar-refractivity contribution in [3.05, 3.63) is 24.9 Å². The van der Waals surface area contributed by atoms with Gasteiger partial charge in [0, 0.05) is 11.9 Å². The van der Waals surface area contributed by atoms with Crippen molar-refractivity contribution < 1.29 is 0 Å². The van der Waals surface area contributed by atoms with Gasteiger partial charge in [0.15, 0.2) is 0 Å². The molecule has 0 aliphatic carbocycles. The zero-order chi connectivity index (χ0) is 8.53. The molecule has 0 rings (SSSR count). The standard InChI is InChI=1S/C10H17N/c1-4-6-8-10(3)11-9-7-5-2/h5,7,9H,2,4,6,8H2,1,3H3/b9-7-,11-10?. The third kappa shape index (κ3) is 7.04. The summed E-state index contributed by atoms with van der Waals surface area (Å²) in [6.07, 6.45) is 8.94. The number of hydrogen-bond donors (Lipinski definition) is 0. The summed E-state index contributed by atoms with van der Waals surface area (Å²) < 4.78 is 0. The Kier molecular flexibility index (Phi) is 6.70. The number of allylic oxidation sites excluding steroid dienone is 2. The van der Waals surface area contributed by atoms with Crippen LogP contribution in [0.5, 0.6) is 0 Å². The van der Waals surface area contributed by atoms with Crippen LogP contribution >= 0.6 is 0 Å². The Morgan fingerprint density at radius 2 is 2.27 bits per heavy atom. The molecule has 0 aromatic carbocycles. The van der Waals surface area contributed by atoms with Crippen molar-refractivity contribution in [3.8, 4) is 0 Å². The lowest BCUT2D eigenvalue weighted by atomic mass is 10.2. The number of hydrogen-bond acceptors (Lipinski definition) is 1. The van der Waals surface area contributed by atoms with E-state index in [1.165, 1.54) is 18.6 Å². The van der Waals surface area contributed by atoms with Gasteiger partial charge in [0.05, 0.1) is 0 Å². The minimum atomic E-state index is 1.11. The van der Waals surface area contributed by atoms with E-state index in [1.807, 2.05) is 6.08 Å². The Balaban J connectivity index is 3.61. The van der Waals surface area contributed by atoms with Gasteiger partial charge in [-0.05, 0) is 25.8 Å². The van der Waals surface area contributed by atoms with Crippen LogP contribution in [0.4, 0.5) is 0 Å². The van der Waals surface area contributed by atoms with Crippen molar-refractivity contribution in [2.24, 2.45) is 4.99 Å². The third-order valence-corrected chi connectivity index (χ3v) is 1.41. The zero-order valence-electron chi connectivity index (χ0n) is 7.51. The number of unbranched alkanes of at least 4 members (excludes halogenated alkanes) is 1. The maximum atomic E-state index is 4.22. The van der Waals surface area contributed by atoms with Gasteiger partial charge in [-0.3, -0.25) is 4.99 Å². The summed E-state index contributed by atoms with van der Waals surface area (Å²) in [6, 6.07) is 0. The molecule has 0 aromatic heterocycles. The van der Waals surface area contributed by atoms with Crippen molar-refractivity contribution >= 4 is 5.71 Å². The molecule has 0 atom stereocenters. The predicted octanol–water partition coefficient (Wildman–Crippen LogP) is 3.34. The molecular weight excluding hydrogens is 134 g/mol. The van der Waals surface area contributed by atoms with Gasteiger partial charge < -0.3 is 0 Å². The highest BCUT2D eigenvalue weighted by Crippen LogP contribution is 1.96. The monoisotopic (exact) mass is 151 g/mol. The van der Waals surface area contributed by atoms with E-state index < -0.39 is 0 Å². The third-order valence-electron chi connectivity index (χ3n) is 1.41. The first-order chi connectivity index (χ1) is 5.31. The Morgan fingerprint density at radius 1 is 1.55 bits per heavy atom. The molecule has 0 heterocycles. The first-order valence-electron chi connectivity index (χ1n) is 4.12. The SMILES string of the molecule is C=C/C=C\N=C(C)CCCC. The lowest BCUT2D eigenvalue weighted by Crippen LogP contribution is -1.88. The van der Waals surface area contributed by atoms with E-state index in [0.717, 1.165) is 6.42 Å². The quantitative estimate of drug-likeness (QED) is 0.422. The highest BCUT2D eigenvalue weighted by atomic mass is 14.7. The highest BCUT2D eigenvalue weighted by molar-refractivity contribution is 5.82. The Bertz CT molecular complexity index is 154. The zero-order valence-corrected chi connectivity index (χ0v) is 7.51. The second kappa shape index (κ2) is 7.26. The van der Waals surface area contributed by atoms with E-state index in [0.29, 0.717) is 0 Å². The van der Waals surface area contributed by atoms with Crippen molar-refractivity contribution in [3.63, 3.8) is 0 Å². The van der Waals surface area contributed by atoms with Crippen molar-refractivity contribution in [1.29, 1.82) is 0 Å². The van der Waals surface area contributed by atoms with Crippen molar-refractivity contribution in [2.75, 3.05) is 0 Å². The van der Waals surface area contributed by atoms with Gasteiger partial charge in [-0.1, -0.05) is 26.0 Å². The van der Waals surface area contributed by atoms with Gasteiger partial charge in [-0.25, -0.2) is 0 Å². The highest BCUT2D eigenvalue weighted by Gasteiger charge is 1.86. The van der Waals surface area contributed by atoms with Gasteiger partial charge in [-0.2, -0.15) is 0 Å². The first-order valence-corrected chi connectivity index (χ1v) is 4.12. The molecule has 0 fully saturated rings. The van der Waals surface area contributed by atoms with Gasteiger partial charge in [0.1, 0.15) is 0 Å². The van der Waals surface area contributed by atoms with E-state index in [9.17, 15) is 0 Å². The summed E-state index contributed by atoms with van der Waals surface area (Å²) in [4.78, 5) is 4.22. The molecule has 0 radical (unpaired) electrons. The van der Waals surface area contributed by atoms with E-state index in [2.05, 4.69) is 25.4 Å². The molecule has 0 bridgehead atoms. The van der Waals surface area contributed by atoms with Crippen LogP contribution in [0.2, 0.25) is 0 Å². The van der Waals surface area contributed by atoms with Crippen LogP contribution in [-0.2, 0) is 0 Å². The number of rotatable bonds is 5. The molecule has 62 valence electrons. The Hall–Kier alpha value is -0.850. The van der Waals surface area contributed by atoms with Crippen LogP contribution in [0.3, 0.4) is 0 Å². The van der Waals surface area contributed by atoms with Gasteiger partial charge in [0.2, 0.25) is 0 Å². The Labute approximate surface area is 69.5 Å². The molecule has 11 heavy (non-hydrogen) atoms. The van der Waals surface area contributed by atoms with Crippen LogP contribution < -0.4 is 0 Å². The van der Waals surface area contributed by atoms with E-state index >= 15 is 0 Å². The van der Waals surface area contributed by atoms with E-state index in [1.54, 1.807) is 12.3 Å². The maximum Gasteiger partial charge on any atom is 0.0266 e. The van der Waals surface area contributed by atoms with Crippen LogP contribution in [-0.4, -0.2) is 5.71 Å². The normalized spacial score (nSPS) is 12.4. The van der Waals surface area contributed by atoms with Crippen LogP contribution in [0.1, 0.15) is 33.1 Å². The molecule has 0 aromatic rings. The average molecular weight is 151 g/mol. The lowest BCUT2D eigenvalue weighted by Gasteiger charge is -1.94. The minimum Gasteiger partial charge on any atom is -0.266 e. The summed E-state index contributed by atoms with van der Waals surface area (Å²) in [5, 5.41) is 0. The van der Waals surface area contributed by atoms with Crippen LogP contribution in [0, 0.1) is 0 Å². The average Bonchev–Trinajstić information content (AvgIpc) is 2.01. The van der Waals surface area contributed by atoms with E-state index in [4.69, 9.17) is 0 Å². The van der Waals surface area contributed by atoms with Gasteiger partial charge >= 0.3 is 0 Å². The molecule has 0 unspecified atom stereocenters. The Morgan fingerprint density at radius 3 is 2.82 bits per heavy atom. The smallest absolute Gasteiger partial charge is 0.0266 e. The fourth-order valence-corrected chi connectivity index (χ4v) is 0.728. The summed E-state index contributed by atoms with van der Waals surface area (Å²) in [5.74, 6) is 0. The molecule has 1 nitrogen and oxygen atoms in total. The van der Waals surface area contributed by atoms with Crippen molar-refractivity contribution in [1.82, 2.24) is 0 Å². The molecule has 0 aliphatic heterocycles. The largest absolute Gasteiger partial charge is 0.266 e. The first kappa shape index (κ1) is 10.2. The van der Waals surface area contributed by atoms with Gasteiger partial charge in [-0.15, -0.1) is 0 Å². The molecule has 0 amide bonds. The van der Waals surface area contributed by atoms with Crippen molar-refractivity contribution in [2.45, 2.75) is 33.1 Å². The molecule has 0 N–H and O–H groups in total. The fraction of sp³-hybridized carbons (Fsp3) is 0.500. The molecular formula is C10H17N. The van der Waals surface area contributed by atoms with Crippen LogP contribution in [0.15, 0.2) is 29.9 Å². The summed E-state index contributed by atoms with van der Waals surface area (Å²) in [6.45, 7) is 7.81. The molecule has 0 saturated carbocycles. The summed E-state index contributed by atoms with van der Waals surface area (Å²) >= 11 is 0. The molecule has 1 heteroatoms. The summed E-state index contributed by atoms with van der Waals surface area (Å²) in [5.41, 5.74) is 1.20. The second-order valence-electron chi connectivity index (χ2n) is 2.55. The second-order valence-corrected chi connectivity index (χ2v) is 2.55.